The largest absolute Gasteiger partial charge is 0.417 e. The van der Waals surface area contributed by atoms with Gasteiger partial charge in [-0.2, -0.15) is 13.2 Å². The van der Waals surface area contributed by atoms with Gasteiger partial charge in [-0.3, -0.25) is 4.90 Å². The van der Waals surface area contributed by atoms with Crippen molar-refractivity contribution in [2.75, 3.05) is 37.6 Å². The molecule has 2 aromatic rings. The summed E-state index contributed by atoms with van der Waals surface area (Å²) in [5, 5.41) is 12.0. The van der Waals surface area contributed by atoms with Gasteiger partial charge in [-0.25, -0.2) is 0 Å². The van der Waals surface area contributed by atoms with Crippen molar-refractivity contribution in [1.29, 1.82) is 0 Å². The summed E-state index contributed by atoms with van der Waals surface area (Å²) in [4.78, 5) is 4.59. The van der Waals surface area contributed by atoms with E-state index in [1.54, 1.807) is 6.07 Å². The second kappa shape index (κ2) is 9.41. The van der Waals surface area contributed by atoms with Crippen LogP contribution in [0, 0.1) is 5.92 Å². The highest BCUT2D eigenvalue weighted by molar-refractivity contribution is 6.31. The van der Waals surface area contributed by atoms with E-state index in [4.69, 9.17) is 23.2 Å². The van der Waals surface area contributed by atoms with Crippen LogP contribution in [-0.4, -0.2) is 42.7 Å². The van der Waals surface area contributed by atoms with Crippen molar-refractivity contribution in [1.82, 2.24) is 4.90 Å². The Bertz CT molecular complexity index is 947. The second-order valence-electron chi connectivity index (χ2n) is 8.83. The molecule has 1 saturated heterocycles. The molecule has 0 amide bonds. The van der Waals surface area contributed by atoms with Gasteiger partial charge in [0.2, 0.25) is 0 Å². The quantitative estimate of drug-likeness (QED) is 0.556. The highest BCUT2D eigenvalue weighted by atomic mass is 35.5. The van der Waals surface area contributed by atoms with Crippen LogP contribution in [0.15, 0.2) is 42.5 Å². The van der Waals surface area contributed by atoms with Crippen LogP contribution >= 0.6 is 23.2 Å². The van der Waals surface area contributed by atoms with Crippen molar-refractivity contribution in [2.45, 2.75) is 37.5 Å². The zero-order valence-corrected chi connectivity index (χ0v) is 19.2. The summed E-state index contributed by atoms with van der Waals surface area (Å²) in [5.74, 6) is -0.128. The van der Waals surface area contributed by atoms with Crippen LogP contribution in [0.25, 0.3) is 0 Å². The standard InChI is InChI=1S/C24H27Cl2F3N2O/c25-19-5-3-6-20(15-19)31-12-10-30(11-13-31)16-18-4-1-2-9-23(18,32)17-7-8-22(26)21(14-17)24(27,28)29/h3,5-8,14-15,18,32H,1-2,4,9-13,16H2. The number of hydrogen-bond donors (Lipinski definition) is 1. The number of rotatable bonds is 4. The minimum atomic E-state index is -4.55. The monoisotopic (exact) mass is 486 g/mol. The van der Waals surface area contributed by atoms with Gasteiger partial charge in [0, 0.05) is 49.4 Å². The summed E-state index contributed by atoms with van der Waals surface area (Å²) >= 11 is 11.9. The predicted octanol–water partition coefficient (Wildman–Crippen LogP) is 6.21. The topological polar surface area (TPSA) is 26.7 Å². The van der Waals surface area contributed by atoms with Crippen LogP contribution in [-0.2, 0) is 11.8 Å². The van der Waals surface area contributed by atoms with Gasteiger partial charge in [-0.05, 0) is 48.7 Å². The number of aliphatic hydroxyl groups is 1. The lowest BCUT2D eigenvalue weighted by Crippen LogP contribution is -2.51. The van der Waals surface area contributed by atoms with E-state index in [-0.39, 0.29) is 10.9 Å². The number of nitrogens with zero attached hydrogens (tertiary/aromatic N) is 2. The molecule has 4 rings (SSSR count). The molecule has 0 spiro atoms. The van der Waals surface area contributed by atoms with Crippen LogP contribution in [0.1, 0.15) is 36.8 Å². The summed E-state index contributed by atoms with van der Waals surface area (Å²) < 4.78 is 40.2. The first-order valence-corrected chi connectivity index (χ1v) is 11.7. The Hall–Kier alpha value is -1.47. The third-order valence-corrected chi connectivity index (χ3v) is 7.40. The Morgan fingerprint density at radius 2 is 1.75 bits per heavy atom. The molecule has 1 heterocycles. The molecule has 8 heteroatoms. The minimum Gasteiger partial charge on any atom is -0.385 e. The van der Waals surface area contributed by atoms with Crippen LogP contribution in [0.5, 0.6) is 0 Å². The summed E-state index contributed by atoms with van der Waals surface area (Å²) in [5.41, 5.74) is -0.763. The van der Waals surface area contributed by atoms with Crippen molar-refractivity contribution < 1.29 is 18.3 Å². The Kier molecular flexibility index (Phi) is 6.97. The molecule has 32 heavy (non-hydrogen) atoms. The van der Waals surface area contributed by atoms with Gasteiger partial charge < -0.3 is 10.0 Å². The molecule has 1 N–H and O–H groups in total. The molecule has 1 aliphatic heterocycles. The van der Waals surface area contributed by atoms with Gasteiger partial charge in [0.1, 0.15) is 0 Å². The first kappa shape index (κ1) is 23.7. The molecule has 0 radical (unpaired) electrons. The van der Waals surface area contributed by atoms with E-state index >= 15 is 0 Å². The average molecular weight is 487 g/mol. The van der Waals surface area contributed by atoms with Crippen molar-refractivity contribution >= 4 is 28.9 Å². The third kappa shape index (κ3) is 5.04. The van der Waals surface area contributed by atoms with Gasteiger partial charge >= 0.3 is 6.18 Å². The fraction of sp³-hybridized carbons (Fsp3) is 0.500. The Labute approximate surface area is 196 Å². The van der Waals surface area contributed by atoms with Gasteiger partial charge in [0.15, 0.2) is 0 Å². The van der Waals surface area contributed by atoms with Gasteiger partial charge in [0.05, 0.1) is 16.2 Å². The third-order valence-electron chi connectivity index (χ3n) is 6.83. The van der Waals surface area contributed by atoms with Crippen LogP contribution in [0.2, 0.25) is 10.0 Å². The van der Waals surface area contributed by atoms with Crippen LogP contribution < -0.4 is 4.90 Å². The van der Waals surface area contributed by atoms with Crippen molar-refractivity contribution in [3.63, 3.8) is 0 Å². The fourth-order valence-electron chi connectivity index (χ4n) is 5.04. The van der Waals surface area contributed by atoms with E-state index in [0.29, 0.717) is 23.6 Å². The van der Waals surface area contributed by atoms with Crippen molar-refractivity contribution in [3.05, 3.63) is 63.6 Å². The number of benzene rings is 2. The zero-order valence-electron chi connectivity index (χ0n) is 17.7. The molecule has 3 nitrogen and oxygen atoms in total. The number of alkyl halides is 3. The highest BCUT2D eigenvalue weighted by Gasteiger charge is 2.43. The molecule has 1 saturated carbocycles. The number of halogens is 5. The lowest BCUT2D eigenvalue weighted by molar-refractivity contribution is -0.137. The van der Waals surface area contributed by atoms with Gasteiger partial charge in [-0.1, -0.05) is 48.2 Å². The SMILES string of the molecule is OC1(c2ccc(Cl)c(C(F)(F)F)c2)CCCCC1CN1CCN(c2cccc(Cl)c2)CC1. The normalized spacial score (nSPS) is 25.2. The lowest BCUT2D eigenvalue weighted by atomic mass is 9.71. The van der Waals surface area contributed by atoms with E-state index in [9.17, 15) is 18.3 Å². The molecule has 2 atom stereocenters. The summed E-state index contributed by atoms with van der Waals surface area (Å²) in [7, 11) is 0. The first-order chi connectivity index (χ1) is 15.2. The highest BCUT2D eigenvalue weighted by Crippen LogP contribution is 2.45. The van der Waals surface area contributed by atoms with Crippen molar-refractivity contribution in [3.8, 4) is 0 Å². The Morgan fingerprint density at radius 1 is 1.00 bits per heavy atom. The Balaban J connectivity index is 1.47. The molecule has 2 aliphatic rings. The number of hydrogen-bond acceptors (Lipinski definition) is 3. The predicted molar refractivity (Wildman–Crippen MR) is 122 cm³/mol. The van der Waals surface area contributed by atoms with E-state index in [1.807, 2.05) is 24.3 Å². The van der Waals surface area contributed by atoms with Gasteiger partial charge in [0.25, 0.3) is 0 Å². The molecule has 1 aliphatic carbocycles. The molecule has 0 aromatic heterocycles. The molecular formula is C24H27Cl2F3N2O. The minimum absolute atomic E-state index is 0.128. The Morgan fingerprint density at radius 3 is 2.44 bits per heavy atom. The first-order valence-electron chi connectivity index (χ1n) is 11.0. The smallest absolute Gasteiger partial charge is 0.385 e. The van der Waals surface area contributed by atoms with Crippen LogP contribution in [0.3, 0.4) is 0 Å². The maximum atomic E-state index is 13.4. The molecule has 0 bridgehead atoms. The molecule has 174 valence electrons. The summed E-state index contributed by atoms with van der Waals surface area (Å²) in [6.45, 7) is 3.99. The second-order valence-corrected chi connectivity index (χ2v) is 9.67. The fourth-order valence-corrected chi connectivity index (χ4v) is 5.44. The summed E-state index contributed by atoms with van der Waals surface area (Å²) in [6.07, 6.45) is -1.55. The molecule has 2 fully saturated rings. The maximum absolute atomic E-state index is 13.4. The number of piperazine rings is 1. The van der Waals surface area contributed by atoms with Gasteiger partial charge in [-0.15, -0.1) is 0 Å². The lowest BCUT2D eigenvalue weighted by Gasteiger charge is -2.45. The average Bonchev–Trinajstić information content (AvgIpc) is 2.75. The van der Waals surface area contributed by atoms with E-state index < -0.39 is 17.3 Å². The van der Waals surface area contributed by atoms with E-state index in [2.05, 4.69) is 9.80 Å². The van der Waals surface area contributed by atoms with Crippen molar-refractivity contribution in [2.24, 2.45) is 5.92 Å². The number of anilines is 1. The zero-order chi connectivity index (χ0) is 22.9. The molecule has 2 unspecified atom stereocenters. The summed E-state index contributed by atoms with van der Waals surface area (Å²) in [6, 6.07) is 11.6. The van der Waals surface area contributed by atoms with Crippen LogP contribution in [0.4, 0.5) is 18.9 Å². The van der Waals surface area contributed by atoms with E-state index in [0.717, 1.165) is 57.2 Å². The molecular weight excluding hydrogens is 460 g/mol. The molecule has 2 aromatic carbocycles. The maximum Gasteiger partial charge on any atom is 0.417 e. The van der Waals surface area contributed by atoms with E-state index in [1.165, 1.54) is 6.07 Å².